The van der Waals surface area contributed by atoms with Crippen LogP contribution in [0.25, 0.3) is 10.9 Å². The second kappa shape index (κ2) is 3.86. The van der Waals surface area contributed by atoms with Crippen LogP contribution >= 0.6 is 0 Å². The Balaban J connectivity index is 1.97. The Morgan fingerprint density at radius 1 is 1.26 bits per heavy atom. The number of nitrogens with one attached hydrogen (secondary N) is 1. The monoisotopic (exact) mass is 254 g/mol. The smallest absolute Gasteiger partial charge is 0.0611 e. The lowest BCUT2D eigenvalue weighted by Gasteiger charge is -2.51. The zero-order chi connectivity index (χ0) is 13.0. The molecular formula is C17H22N2. The Morgan fingerprint density at radius 2 is 2.11 bits per heavy atom. The number of para-hydroxylation sites is 1. The maximum atomic E-state index is 3.74. The quantitative estimate of drug-likeness (QED) is 0.760. The summed E-state index contributed by atoms with van der Waals surface area (Å²) < 4.78 is 0. The van der Waals surface area contributed by atoms with Crippen molar-refractivity contribution in [1.29, 1.82) is 0 Å². The van der Waals surface area contributed by atoms with E-state index in [1.165, 1.54) is 48.9 Å². The number of H-pyrrole nitrogens is 1. The molecule has 2 aliphatic rings. The topological polar surface area (TPSA) is 19.0 Å². The predicted molar refractivity (Wildman–Crippen MR) is 79.3 cm³/mol. The van der Waals surface area contributed by atoms with Gasteiger partial charge in [-0.05, 0) is 50.3 Å². The number of aromatic nitrogens is 1. The molecule has 2 heteroatoms. The fourth-order valence-electron chi connectivity index (χ4n) is 4.30. The molecule has 19 heavy (non-hydrogen) atoms. The summed E-state index contributed by atoms with van der Waals surface area (Å²) in [5, 5.41) is 1.44. The molecule has 3 heterocycles. The van der Waals surface area contributed by atoms with Crippen molar-refractivity contribution < 1.29 is 0 Å². The summed E-state index contributed by atoms with van der Waals surface area (Å²) in [6.45, 7) is 7.35. The van der Waals surface area contributed by atoms with E-state index in [0.29, 0.717) is 0 Å². The van der Waals surface area contributed by atoms with Crippen molar-refractivity contribution in [3.63, 3.8) is 0 Å². The molecule has 1 N–H and O–H groups in total. The van der Waals surface area contributed by atoms with E-state index in [4.69, 9.17) is 0 Å². The molecule has 1 aromatic carbocycles. The van der Waals surface area contributed by atoms with Gasteiger partial charge in [-0.15, -0.1) is 0 Å². The van der Waals surface area contributed by atoms with Crippen LogP contribution in [0, 0.1) is 5.92 Å². The summed E-state index contributed by atoms with van der Waals surface area (Å²) in [4.78, 5) is 6.45. The number of aromatic amines is 1. The van der Waals surface area contributed by atoms with Gasteiger partial charge in [0.05, 0.1) is 5.54 Å². The Labute approximate surface area is 114 Å². The highest BCUT2D eigenvalue weighted by molar-refractivity contribution is 5.85. The molecule has 1 aromatic heterocycles. The molecule has 0 saturated carbocycles. The average Bonchev–Trinajstić information content (AvgIpc) is 2.80. The number of piperidine rings is 1. The first kappa shape index (κ1) is 11.5. The highest BCUT2D eigenvalue weighted by Crippen LogP contribution is 2.46. The van der Waals surface area contributed by atoms with Gasteiger partial charge < -0.3 is 4.98 Å². The third kappa shape index (κ3) is 1.41. The number of benzene rings is 1. The summed E-state index contributed by atoms with van der Waals surface area (Å²) in [5.74, 6) is 0.730. The minimum absolute atomic E-state index is 0.213. The van der Waals surface area contributed by atoms with Gasteiger partial charge in [-0.1, -0.05) is 25.1 Å². The molecule has 0 radical (unpaired) electrons. The van der Waals surface area contributed by atoms with Gasteiger partial charge in [0.25, 0.3) is 0 Å². The van der Waals surface area contributed by atoms with E-state index in [9.17, 15) is 0 Å². The van der Waals surface area contributed by atoms with Crippen molar-refractivity contribution in [3.05, 3.63) is 35.5 Å². The minimum Gasteiger partial charge on any atom is -0.357 e. The minimum atomic E-state index is 0.213. The third-order valence-corrected chi connectivity index (χ3v) is 5.63. The van der Waals surface area contributed by atoms with Crippen LogP contribution in [0.2, 0.25) is 0 Å². The Bertz CT molecular complexity index is 627. The van der Waals surface area contributed by atoms with Crippen LogP contribution in [-0.2, 0) is 12.0 Å². The summed E-state index contributed by atoms with van der Waals surface area (Å²) in [7, 11) is 0. The van der Waals surface area contributed by atoms with Gasteiger partial charge in [0.2, 0.25) is 0 Å². The van der Waals surface area contributed by atoms with Crippen LogP contribution in [0.5, 0.6) is 0 Å². The molecule has 0 spiro atoms. The zero-order valence-electron chi connectivity index (χ0n) is 11.9. The van der Waals surface area contributed by atoms with Gasteiger partial charge >= 0.3 is 0 Å². The van der Waals surface area contributed by atoms with E-state index in [1.807, 2.05) is 0 Å². The highest BCUT2D eigenvalue weighted by atomic mass is 15.2. The Kier molecular flexibility index (Phi) is 2.34. The van der Waals surface area contributed by atoms with Gasteiger partial charge in [-0.3, -0.25) is 4.90 Å². The van der Waals surface area contributed by atoms with Crippen molar-refractivity contribution in [2.75, 3.05) is 13.1 Å². The Hall–Kier alpha value is -1.28. The molecule has 2 aliphatic heterocycles. The average molecular weight is 254 g/mol. The highest BCUT2D eigenvalue weighted by Gasteiger charge is 2.46. The summed E-state index contributed by atoms with van der Waals surface area (Å²) in [5.41, 5.74) is 4.59. The number of rotatable bonds is 0. The van der Waals surface area contributed by atoms with E-state index in [1.54, 1.807) is 5.56 Å². The van der Waals surface area contributed by atoms with E-state index < -0.39 is 0 Å². The van der Waals surface area contributed by atoms with Crippen molar-refractivity contribution in [3.8, 4) is 0 Å². The first-order chi connectivity index (χ1) is 9.21. The summed E-state index contributed by atoms with van der Waals surface area (Å²) >= 11 is 0. The van der Waals surface area contributed by atoms with E-state index in [-0.39, 0.29) is 5.54 Å². The van der Waals surface area contributed by atoms with Crippen molar-refractivity contribution in [2.45, 2.75) is 38.6 Å². The largest absolute Gasteiger partial charge is 0.357 e. The molecule has 1 fully saturated rings. The second-order valence-electron chi connectivity index (χ2n) is 6.45. The van der Waals surface area contributed by atoms with Crippen LogP contribution in [0.4, 0.5) is 0 Å². The normalized spacial score (nSPS) is 31.2. The zero-order valence-corrected chi connectivity index (χ0v) is 11.9. The molecule has 2 atom stereocenters. The number of hydrogen-bond acceptors (Lipinski definition) is 1. The standard InChI is InChI=1S/C17H22N2/c1-12-6-5-10-19-11-9-14-13-7-3-4-8-15(13)18-16(14)17(12,19)2/h3-4,7-8,12,18H,5-6,9-11H2,1-2H3. The molecule has 100 valence electrons. The van der Waals surface area contributed by atoms with Crippen molar-refractivity contribution >= 4 is 10.9 Å². The number of nitrogens with zero attached hydrogens (tertiary/aromatic N) is 1. The summed E-state index contributed by atoms with van der Waals surface area (Å²) in [6.07, 6.45) is 3.90. The molecule has 0 bridgehead atoms. The van der Waals surface area contributed by atoms with Gasteiger partial charge in [-0.2, -0.15) is 0 Å². The molecule has 0 aliphatic carbocycles. The lowest BCUT2D eigenvalue weighted by Crippen LogP contribution is -2.55. The summed E-state index contributed by atoms with van der Waals surface area (Å²) in [6, 6.07) is 8.79. The molecular weight excluding hydrogens is 232 g/mol. The molecule has 2 nitrogen and oxygen atoms in total. The molecule has 2 aromatic rings. The van der Waals surface area contributed by atoms with Crippen LogP contribution in [-0.4, -0.2) is 23.0 Å². The molecule has 0 amide bonds. The number of hydrogen-bond donors (Lipinski definition) is 1. The van der Waals surface area contributed by atoms with E-state index in [2.05, 4.69) is 48.0 Å². The van der Waals surface area contributed by atoms with Gasteiger partial charge in [-0.25, -0.2) is 0 Å². The second-order valence-corrected chi connectivity index (χ2v) is 6.45. The lowest BCUT2D eigenvalue weighted by molar-refractivity contribution is 0.000337. The van der Waals surface area contributed by atoms with Gasteiger partial charge in [0.1, 0.15) is 0 Å². The van der Waals surface area contributed by atoms with E-state index in [0.717, 1.165) is 5.92 Å². The Morgan fingerprint density at radius 3 is 3.00 bits per heavy atom. The van der Waals surface area contributed by atoms with Gasteiger partial charge in [0, 0.05) is 23.1 Å². The maximum Gasteiger partial charge on any atom is 0.0611 e. The predicted octanol–water partition coefficient (Wildman–Crippen LogP) is 3.67. The molecule has 4 rings (SSSR count). The van der Waals surface area contributed by atoms with Crippen LogP contribution < -0.4 is 0 Å². The molecule has 1 saturated heterocycles. The maximum absolute atomic E-state index is 3.74. The van der Waals surface area contributed by atoms with Crippen LogP contribution in [0.15, 0.2) is 24.3 Å². The fourth-order valence-corrected chi connectivity index (χ4v) is 4.30. The van der Waals surface area contributed by atoms with Crippen LogP contribution in [0.1, 0.15) is 37.9 Å². The lowest BCUT2D eigenvalue weighted by atomic mass is 9.73. The van der Waals surface area contributed by atoms with Crippen molar-refractivity contribution in [2.24, 2.45) is 5.92 Å². The van der Waals surface area contributed by atoms with E-state index >= 15 is 0 Å². The van der Waals surface area contributed by atoms with Crippen molar-refractivity contribution in [1.82, 2.24) is 9.88 Å². The SMILES string of the molecule is CC1CCCN2CCc3c([nH]c4ccccc34)C12C. The third-order valence-electron chi connectivity index (χ3n) is 5.63. The molecule has 2 unspecified atom stereocenters. The fraction of sp³-hybridized carbons (Fsp3) is 0.529. The van der Waals surface area contributed by atoms with Crippen LogP contribution in [0.3, 0.4) is 0 Å². The first-order valence-corrected chi connectivity index (χ1v) is 7.56. The van der Waals surface area contributed by atoms with Gasteiger partial charge in [0.15, 0.2) is 0 Å². The first-order valence-electron chi connectivity index (χ1n) is 7.56. The number of fused-ring (bicyclic) bond motifs is 5.